The minimum atomic E-state index is 0.307. The van der Waals surface area contributed by atoms with Gasteiger partial charge < -0.3 is 9.64 Å². The van der Waals surface area contributed by atoms with Crippen LogP contribution in [-0.2, 0) is 4.74 Å². The van der Waals surface area contributed by atoms with Crippen LogP contribution in [0, 0.1) is 6.92 Å². The van der Waals surface area contributed by atoms with E-state index in [1.54, 1.807) is 11.6 Å². The lowest BCUT2D eigenvalue weighted by molar-refractivity contribution is 0.121. The van der Waals surface area contributed by atoms with Crippen molar-refractivity contribution in [3.05, 3.63) is 18.1 Å². The Kier molecular flexibility index (Phi) is 2.44. The van der Waals surface area contributed by atoms with Gasteiger partial charge in [-0.05, 0) is 13.3 Å². The topological polar surface area (TPSA) is 55.5 Å². The third-order valence-electron chi connectivity index (χ3n) is 3.16. The summed E-state index contributed by atoms with van der Waals surface area (Å²) in [6.45, 7) is 3.86. The summed E-state index contributed by atoms with van der Waals surface area (Å²) in [6, 6.07) is 2.04. The van der Waals surface area contributed by atoms with Crippen LogP contribution < -0.4 is 4.90 Å². The Hall–Kier alpha value is -1.69. The van der Waals surface area contributed by atoms with Gasteiger partial charge in [0.1, 0.15) is 12.1 Å². The number of fused-ring (bicyclic) bond motifs is 1. The lowest BCUT2D eigenvalue weighted by atomic mass is 10.3. The van der Waals surface area contributed by atoms with Gasteiger partial charge in [0.05, 0.1) is 6.10 Å². The van der Waals surface area contributed by atoms with Gasteiger partial charge in [-0.2, -0.15) is 14.6 Å². The van der Waals surface area contributed by atoms with Crippen molar-refractivity contribution in [2.75, 3.05) is 25.1 Å². The van der Waals surface area contributed by atoms with Crippen molar-refractivity contribution in [1.82, 2.24) is 19.6 Å². The Morgan fingerprint density at radius 2 is 2.35 bits per heavy atom. The Morgan fingerprint density at radius 3 is 3.12 bits per heavy atom. The normalized spacial score (nSPS) is 20.4. The maximum absolute atomic E-state index is 5.38. The summed E-state index contributed by atoms with van der Waals surface area (Å²) in [5.74, 6) is 1.70. The van der Waals surface area contributed by atoms with E-state index in [4.69, 9.17) is 4.74 Å². The minimum absolute atomic E-state index is 0.307. The summed E-state index contributed by atoms with van der Waals surface area (Å²) in [5, 5.41) is 4.22. The molecule has 0 N–H and O–H groups in total. The Bertz CT molecular complexity index is 538. The van der Waals surface area contributed by atoms with Crippen LogP contribution in [0.15, 0.2) is 12.4 Å². The lowest BCUT2D eigenvalue weighted by Gasteiger charge is -2.19. The molecule has 2 aromatic rings. The monoisotopic (exact) mass is 233 g/mol. The largest absolute Gasteiger partial charge is 0.380 e. The number of methoxy groups -OCH3 is 1. The molecule has 6 heteroatoms. The highest BCUT2D eigenvalue weighted by atomic mass is 16.5. The van der Waals surface area contributed by atoms with E-state index in [1.165, 1.54) is 6.33 Å². The number of hydrogen-bond acceptors (Lipinski definition) is 5. The molecule has 1 atom stereocenters. The highest BCUT2D eigenvalue weighted by Crippen LogP contribution is 2.22. The van der Waals surface area contributed by atoms with Crippen molar-refractivity contribution in [1.29, 1.82) is 0 Å². The predicted octanol–water partition coefficient (Wildman–Crippen LogP) is 0.658. The molecule has 0 aromatic carbocycles. The van der Waals surface area contributed by atoms with Crippen LogP contribution in [0.25, 0.3) is 5.78 Å². The van der Waals surface area contributed by atoms with E-state index in [0.29, 0.717) is 11.9 Å². The van der Waals surface area contributed by atoms with E-state index in [9.17, 15) is 0 Å². The van der Waals surface area contributed by atoms with Crippen LogP contribution >= 0.6 is 0 Å². The van der Waals surface area contributed by atoms with Crippen molar-refractivity contribution >= 4 is 11.6 Å². The molecule has 1 saturated heterocycles. The number of hydrogen-bond donors (Lipinski definition) is 0. The molecule has 1 aliphatic heterocycles. The molecule has 3 rings (SSSR count). The minimum Gasteiger partial charge on any atom is -0.380 e. The Morgan fingerprint density at radius 1 is 1.47 bits per heavy atom. The number of anilines is 1. The van der Waals surface area contributed by atoms with Crippen LogP contribution in [0.1, 0.15) is 12.1 Å². The maximum Gasteiger partial charge on any atom is 0.254 e. The van der Waals surface area contributed by atoms with E-state index in [1.807, 2.05) is 13.0 Å². The summed E-state index contributed by atoms with van der Waals surface area (Å²) < 4.78 is 7.17. The van der Waals surface area contributed by atoms with Gasteiger partial charge in [0.2, 0.25) is 0 Å². The molecule has 3 heterocycles. The first-order chi connectivity index (χ1) is 8.28. The second-order valence-corrected chi connectivity index (χ2v) is 4.32. The second kappa shape index (κ2) is 3.96. The zero-order chi connectivity index (χ0) is 11.8. The summed E-state index contributed by atoms with van der Waals surface area (Å²) in [6.07, 6.45) is 2.89. The molecule has 2 aromatic heterocycles. The van der Waals surface area contributed by atoms with Gasteiger partial charge >= 0.3 is 0 Å². The van der Waals surface area contributed by atoms with Gasteiger partial charge in [-0.15, -0.1) is 0 Å². The first-order valence-corrected chi connectivity index (χ1v) is 5.73. The molecule has 0 saturated carbocycles. The van der Waals surface area contributed by atoms with Crippen molar-refractivity contribution in [3.63, 3.8) is 0 Å². The first-order valence-electron chi connectivity index (χ1n) is 5.73. The highest BCUT2D eigenvalue weighted by molar-refractivity contribution is 5.48. The van der Waals surface area contributed by atoms with E-state index >= 15 is 0 Å². The Balaban J connectivity index is 2.02. The van der Waals surface area contributed by atoms with Gasteiger partial charge in [-0.1, -0.05) is 0 Å². The van der Waals surface area contributed by atoms with Crippen molar-refractivity contribution in [2.24, 2.45) is 0 Å². The lowest BCUT2D eigenvalue weighted by Crippen LogP contribution is -2.24. The zero-order valence-corrected chi connectivity index (χ0v) is 10.00. The molecule has 0 bridgehead atoms. The fourth-order valence-electron chi connectivity index (χ4n) is 2.27. The highest BCUT2D eigenvalue weighted by Gasteiger charge is 2.24. The third-order valence-corrected chi connectivity index (χ3v) is 3.16. The fourth-order valence-corrected chi connectivity index (χ4v) is 2.27. The number of nitrogens with zero attached hydrogens (tertiary/aromatic N) is 5. The molecule has 1 unspecified atom stereocenters. The number of aryl methyl sites for hydroxylation is 1. The van der Waals surface area contributed by atoms with Gasteiger partial charge in [0.15, 0.2) is 0 Å². The molecule has 0 spiro atoms. The average molecular weight is 233 g/mol. The van der Waals surface area contributed by atoms with E-state index < -0.39 is 0 Å². The standard InChI is InChI=1S/C11H15N5O/c1-8-5-10(15-4-3-9(6-15)17-2)16-11(14-8)12-7-13-16/h5,7,9H,3-4,6H2,1-2H3. The van der Waals surface area contributed by atoms with E-state index in [-0.39, 0.29) is 0 Å². The van der Waals surface area contributed by atoms with Crippen LogP contribution in [0.5, 0.6) is 0 Å². The average Bonchev–Trinajstić information content (AvgIpc) is 2.95. The van der Waals surface area contributed by atoms with Gasteiger partial charge in [0, 0.05) is 32.0 Å². The molecule has 1 aliphatic rings. The smallest absolute Gasteiger partial charge is 0.254 e. The summed E-state index contributed by atoms with van der Waals surface area (Å²) in [4.78, 5) is 10.7. The van der Waals surface area contributed by atoms with Crippen LogP contribution in [0.4, 0.5) is 5.82 Å². The molecule has 1 fully saturated rings. The number of ether oxygens (including phenoxy) is 1. The van der Waals surface area contributed by atoms with E-state index in [0.717, 1.165) is 31.0 Å². The molecule has 0 radical (unpaired) electrons. The molecular formula is C11H15N5O. The molecule has 17 heavy (non-hydrogen) atoms. The molecule has 0 aliphatic carbocycles. The zero-order valence-electron chi connectivity index (χ0n) is 10.00. The summed E-state index contributed by atoms with van der Waals surface area (Å²) in [7, 11) is 1.76. The van der Waals surface area contributed by atoms with Gasteiger partial charge in [0.25, 0.3) is 5.78 Å². The van der Waals surface area contributed by atoms with E-state index in [2.05, 4.69) is 20.0 Å². The molecule has 90 valence electrons. The molecule has 0 amide bonds. The van der Waals surface area contributed by atoms with Crippen molar-refractivity contribution in [2.45, 2.75) is 19.4 Å². The van der Waals surface area contributed by atoms with Crippen molar-refractivity contribution < 1.29 is 4.74 Å². The van der Waals surface area contributed by atoms with Gasteiger partial charge in [-0.3, -0.25) is 0 Å². The van der Waals surface area contributed by atoms with Crippen molar-refractivity contribution in [3.8, 4) is 0 Å². The second-order valence-electron chi connectivity index (χ2n) is 4.32. The quantitative estimate of drug-likeness (QED) is 0.762. The number of rotatable bonds is 2. The van der Waals surface area contributed by atoms with Gasteiger partial charge in [-0.25, -0.2) is 4.98 Å². The Labute approximate surface area is 99.2 Å². The molecular weight excluding hydrogens is 218 g/mol. The number of aromatic nitrogens is 4. The summed E-state index contributed by atoms with van der Waals surface area (Å²) >= 11 is 0. The fraction of sp³-hybridized carbons (Fsp3) is 0.545. The van der Waals surface area contributed by atoms with Crippen LogP contribution in [0.3, 0.4) is 0 Å². The van der Waals surface area contributed by atoms with Crippen LogP contribution in [0.2, 0.25) is 0 Å². The predicted molar refractivity (Wildman–Crippen MR) is 63.1 cm³/mol. The third kappa shape index (κ3) is 1.74. The van der Waals surface area contributed by atoms with Crippen LogP contribution in [-0.4, -0.2) is 45.9 Å². The molecule has 6 nitrogen and oxygen atoms in total. The first kappa shape index (κ1) is 10.5. The summed E-state index contributed by atoms with van der Waals surface area (Å²) in [5.41, 5.74) is 0.960. The SMILES string of the molecule is COC1CCN(c2cc(C)nc3ncnn23)C1. The maximum atomic E-state index is 5.38.